The fourth-order valence-electron chi connectivity index (χ4n) is 2.74. The fourth-order valence-corrected chi connectivity index (χ4v) is 3.83. The summed E-state index contributed by atoms with van der Waals surface area (Å²) in [4.78, 5) is 29.5. The molecule has 1 fully saturated rings. The number of methoxy groups -OCH3 is 1. The number of thioether (sulfide) groups is 1. The molecule has 2 aromatic rings. The first-order valence-corrected chi connectivity index (χ1v) is 9.48. The standard InChI is InChI=1S/C19H19N3O5S/c1-4-20-19-21(5-2)18(23)17(28-19)11-13-7-9-15(27-13)14-8-6-12(22(24)25)10-16(14)26-3/h6-11H,4-5H2,1-3H3/b17-11-,20-19?. The molecule has 9 heteroatoms. The van der Waals surface area contributed by atoms with E-state index in [0.717, 1.165) is 0 Å². The number of amides is 1. The van der Waals surface area contributed by atoms with Crippen molar-refractivity contribution in [2.75, 3.05) is 20.2 Å². The molecule has 1 aromatic heterocycles. The number of amidine groups is 1. The average Bonchev–Trinajstić information content (AvgIpc) is 3.26. The van der Waals surface area contributed by atoms with E-state index >= 15 is 0 Å². The van der Waals surface area contributed by atoms with Gasteiger partial charge in [0.05, 0.1) is 28.6 Å². The van der Waals surface area contributed by atoms with Crippen LogP contribution in [0, 0.1) is 10.1 Å². The zero-order chi connectivity index (χ0) is 20.3. The molecule has 1 aliphatic rings. The molecular formula is C19H19N3O5S. The predicted molar refractivity (Wildman–Crippen MR) is 108 cm³/mol. The second-order valence-electron chi connectivity index (χ2n) is 5.76. The van der Waals surface area contributed by atoms with Crippen LogP contribution in [0.3, 0.4) is 0 Å². The van der Waals surface area contributed by atoms with Gasteiger partial charge in [-0.2, -0.15) is 0 Å². The van der Waals surface area contributed by atoms with Crippen molar-refractivity contribution in [1.29, 1.82) is 0 Å². The molecule has 1 aliphatic heterocycles. The van der Waals surface area contributed by atoms with Crippen molar-refractivity contribution in [3.05, 3.63) is 51.1 Å². The van der Waals surface area contributed by atoms with Gasteiger partial charge >= 0.3 is 0 Å². The van der Waals surface area contributed by atoms with Crippen molar-refractivity contribution in [3.8, 4) is 17.1 Å². The van der Waals surface area contributed by atoms with Gasteiger partial charge in [-0.1, -0.05) is 0 Å². The van der Waals surface area contributed by atoms with Crippen LogP contribution in [0.1, 0.15) is 19.6 Å². The highest BCUT2D eigenvalue weighted by Gasteiger charge is 2.32. The number of carbonyl (C=O) groups excluding carboxylic acids is 1. The Balaban J connectivity index is 1.91. The summed E-state index contributed by atoms with van der Waals surface area (Å²) in [5, 5.41) is 11.6. The number of aliphatic imine (C=N–C) groups is 1. The number of non-ortho nitro benzene ring substituents is 1. The van der Waals surface area contributed by atoms with Gasteiger partial charge in [0.1, 0.15) is 17.3 Å². The maximum Gasteiger partial charge on any atom is 0.273 e. The van der Waals surface area contributed by atoms with E-state index in [0.29, 0.717) is 46.0 Å². The van der Waals surface area contributed by atoms with Crippen molar-refractivity contribution in [2.24, 2.45) is 4.99 Å². The SMILES string of the molecule is CCN=C1S/C(=C\c2ccc(-c3ccc([N+](=O)[O-])cc3OC)o2)C(=O)N1CC. The quantitative estimate of drug-likeness (QED) is 0.409. The summed E-state index contributed by atoms with van der Waals surface area (Å²) in [5.74, 6) is 1.22. The van der Waals surface area contributed by atoms with E-state index < -0.39 is 4.92 Å². The number of hydrogen-bond acceptors (Lipinski definition) is 7. The highest BCUT2D eigenvalue weighted by Crippen LogP contribution is 2.36. The van der Waals surface area contributed by atoms with E-state index in [-0.39, 0.29) is 11.6 Å². The molecule has 0 bridgehead atoms. The maximum absolute atomic E-state index is 12.5. The van der Waals surface area contributed by atoms with Gasteiger partial charge in [-0.3, -0.25) is 24.8 Å². The van der Waals surface area contributed by atoms with Crippen LogP contribution in [-0.2, 0) is 4.79 Å². The van der Waals surface area contributed by atoms with E-state index in [9.17, 15) is 14.9 Å². The molecule has 2 heterocycles. The van der Waals surface area contributed by atoms with Crippen LogP contribution in [0.15, 0.2) is 44.6 Å². The number of rotatable bonds is 6. The molecule has 0 radical (unpaired) electrons. The number of carbonyl (C=O) groups is 1. The third kappa shape index (κ3) is 3.79. The van der Waals surface area contributed by atoms with E-state index in [2.05, 4.69) is 4.99 Å². The molecule has 146 valence electrons. The molecule has 1 aromatic carbocycles. The minimum Gasteiger partial charge on any atom is -0.496 e. The molecule has 1 saturated heterocycles. The average molecular weight is 401 g/mol. The fraction of sp³-hybridized carbons (Fsp3) is 0.263. The molecule has 0 saturated carbocycles. The topological polar surface area (TPSA) is 98.2 Å². The molecule has 0 spiro atoms. The van der Waals surface area contributed by atoms with Gasteiger partial charge in [-0.25, -0.2) is 0 Å². The summed E-state index contributed by atoms with van der Waals surface area (Å²) in [5.41, 5.74) is 0.524. The summed E-state index contributed by atoms with van der Waals surface area (Å²) in [6, 6.07) is 7.79. The zero-order valence-corrected chi connectivity index (χ0v) is 16.5. The van der Waals surface area contributed by atoms with Crippen molar-refractivity contribution >= 4 is 34.6 Å². The molecule has 0 aliphatic carbocycles. The second kappa shape index (κ2) is 8.30. The van der Waals surface area contributed by atoms with Gasteiger partial charge in [0.15, 0.2) is 5.17 Å². The molecule has 28 heavy (non-hydrogen) atoms. The van der Waals surface area contributed by atoms with Gasteiger partial charge in [-0.05, 0) is 43.8 Å². The minimum absolute atomic E-state index is 0.0650. The molecule has 0 unspecified atom stereocenters. The number of furan rings is 1. The normalized spacial score (nSPS) is 17.0. The van der Waals surface area contributed by atoms with Crippen LogP contribution < -0.4 is 4.74 Å². The van der Waals surface area contributed by atoms with Crippen LogP contribution in [0.25, 0.3) is 17.4 Å². The van der Waals surface area contributed by atoms with Crippen LogP contribution in [-0.4, -0.2) is 41.1 Å². The zero-order valence-electron chi connectivity index (χ0n) is 15.7. The smallest absolute Gasteiger partial charge is 0.273 e. The van der Waals surface area contributed by atoms with E-state index in [1.54, 1.807) is 29.2 Å². The lowest BCUT2D eigenvalue weighted by Gasteiger charge is -2.11. The minimum atomic E-state index is -0.484. The first-order chi connectivity index (χ1) is 13.5. The number of ether oxygens (including phenoxy) is 1. The number of hydrogen-bond donors (Lipinski definition) is 0. The summed E-state index contributed by atoms with van der Waals surface area (Å²) in [7, 11) is 1.44. The van der Waals surface area contributed by atoms with E-state index in [4.69, 9.17) is 9.15 Å². The Bertz CT molecular complexity index is 980. The third-order valence-electron chi connectivity index (χ3n) is 4.06. The van der Waals surface area contributed by atoms with E-state index in [1.165, 1.54) is 31.0 Å². The molecule has 3 rings (SSSR count). The van der Waals surface area contributed by atoms with Crippen molar-refractivity contribution in [3.63, 3.8) is 0 Å². The van der Waals surface area contributed by atoms with Crippen molar-refractivity contribution in [2.45, 2.75) is 13.8 Å². The lowest BCUT2D eigenvalue weighted by atomic mass is 10.1. The Labute approximate surface area is 166 Å². The van der Waals surface area contributed by atoms with Crippen LogP contribution in [0.2, 0.25) is 0 Å². The van der Waals surface area contributed by atoms with Crippen LogP contribution in [0.4, 0.5) is 5.69 Å². The first-order valence-electron chi connectivity index (χ1n) is 8.67. The van der Waals surface area contributed by atoms with Gasteiger partial charge in [-0.15, -0.1) is 0 Å². The van der Waals surface area contributed by atoms with Crippen molar-refractivity contribution in [1.82, 2.24) is 4.90 Å². The molecule has 0 N–H and O–H groups in total. The molecular weight excluding hydrogens is 382 g/mol. The monoisotopic (exact) mass is 401 g/mol. The van der Waals surface area contributed by atoms with E-state index in [1.807, 2.05) is 13.8 Å². The highest BCUT2D eigenvalue weighted by atomic mass is 32.2. The van der Waals surface area contributed by atoms with Crippen molar-refractivity contribution < 1.29 is 18.9 Å². The summed E-state index contributed by atoms with van der Waals surface area (Å²) in [6.45, 7) is 4.97. The number of likely N-dealkylation sites (N-methyl/N-ethyl adjacent to an activating group) is 1. The summed E-state index contributed by atoms with van der Waals surface area (Å²) >= 11 is 1.32. The second-order valence-corrected chi connectivity index (χ2v) is 6.77. The van der Waals surface area contributed by atoms with Crippen LogP contribution in [0.5, 0.6) is 5.75 Å². The van der Waals surface area contributed by atoms with Gasteiger partial charge in [0.2, 0.25) is 0 Å². The molecule has 8 nitrogen and oxygen atoms in total. The lowest BCUT2D eigenvalue weighted by molar-refractivity contribution is -0.384. The highest BCUT2D eigenvalue weighted by molar-refractivity contribution is 8.18. The Morgan fingerprint density at radius 3 is 2.75 bits per heavy atom. The lowest BCUT2D eigenvalue weighted by Crippen LogP contribution is -2.28. The Morgan fingerprint density at radius 2 is 2.11 bits per heavy atom. The number of benzene rings is 1. The molecule has 0 atom stereocenters. The van der Waals surface area contributed by atoms with Crippen LogP contribution >= 0.6 is 11.8 Å². The summed E-state index contributed by atoms with van der Waals surface area (Å²) < 4.78 is 11.1. The maximum atomic E-state index is 12.5. The summed E-state index contributed by atoms with van der Waals surface area (Å²) in [6.07, 6.45) is 1.68. The predicted octanol–water partition coefficient (Wildman–Crippen LogP) is 4.18. The molecule has 1 amide bonds. The number of nitro groups is 1. The largest absolute Gasteiger partial charge is 0.496 e. The van der Waals surface area contributed by atoms with Gasteiger partial charge in [0, 0.05) is 25.2 Å². The number of nitro benzene ring substituents is 1. The first kappa shape index (κ1) is 19.7. The number of nitrogens with zero attached hydrogens (tertiary/aromatic N) is 3. The Kier molecular flexibility index (Phi) is 5.84. The third-order valence-corrected chi connectivity index (χ3v) is 5.10. The van der Waals surface area contributed by atoms with Gasteiger partial charge < -0.3 is 9.15 Å². The van der Waals surface area contributed by atoms with Gasteiger partial charge in [0.25, 0.3) is 11.6 Å². The Hall–Kier alpha value is -3.07. The Morgan fingerprint density at radius 1 is 1.32 bits per heavy atom.